The number of phenolic OH excluding ortho intramolecular Hbond substituents is 1. The van der Waals surface area contributed by atoms with Gasteiger partial charge in [0.2, 0.25) is 0 Å². The van der Waals surface area contributed by atoms with Crippen molar-refractivity contribution in [1.29, 1.82) is 0 Å². The highest BCUT2D eigenvalue weighted by Gasteiger charge is 2.38. The standard InChI is InChI=1S/C22H30O2/c1-15-4-7-18(14-21(15)16-5-10-19(23)11-6-16)22(2,3)17-8-12-20(24)13-9-17/h5-6,8-10,12-13,15,18-19,21,23-24H,4,7,11,14H2,1-3H3. The first kappa shape index (κ1) is 17.3. The Hall–Kier alpha value is -1.54. The Morgan fingerprint density at radius 3 is 2.42 bits per heavy atom. The van der Waals surface area contributed by atoms with E-state index < -0.39 is 0 Å². The lowest BCUT2D eigenvalue weighted by Crippen LogP contribution is -2.36. The van der Waals surface area contributed by atoms with Crippen molar-refractivity contribution in [3.05, 3.63) is 53.6 Å². The second kappa shape index (κ2) is 6.76. The Morgan fingerprint density at radius 2 is 1.79 bits per heavy atom. The number of aliphatic hydroxyl groups is 1. The first-order valence-electron chi connectivity index (χ1n) is 9.23. The lowest BCUT2D eigenvalue weighted by molar-refractivity contribution is 0.157. The summed E-state index contributed by atoms with van der Waals surface area (Å²) in [6.07, 6.45) is 10.5. The minimum absolute atomic E-state index is 0.102. The highest BCUT2D eigenvalue weighted by molar-refractivity contribution is 5.32. The van der Waals surface area contributed by atoms with Gasteiger partial charge in [-0.05, 0) is 72.1 Å². The smallest absolute Gasteiger partial charge is 0.115 e. The van der Waals surface area contributed by atoms with Crippen LogP contribution >= 0.6 is 0 Å². The maximum absolute atomic E-state index is 9.69. The fourth-order valence-corrected chi connectivity index (χ4v) is 4.47. The van der Waals surface area contributed by atoms with Gasteiger partial charge in [-0.3, -0.25) is 0 Å². The Kier molecular flexibility index (Phi) is 4.87. The van der Waals surface area contributed by atoms with Crippen LogP contribution in [0.4, 0.5) is 0 Å². The van der Waals surface area contributed by atoms with Gasteiger partial charge in [0.25, 0.3) is 0 Å². The highest BCUT2D eigenvalue weighted by Crippen LogP contribution is 2.47. The van der Waals surface area contributed by atoms with Crippen LogP contribution in [0, 0.1) is 17.8 Å². The van der Waals surface area contributed by atoms with Gasteiger partial charge < -0.3 is 10.2 Å². The van der Waals surface area contributed by atoms with E-state index in [0.717, 1.165) is 6.42 Å². The average molecular weight is 326 g/mol. The van der Waals surface area contributed by atoms with Crippen LogP contribution in [0.5, 0.6) is 5.75 Å². The van der Waals surface area contributed by atoms with Gasteiger partial charge in [-0.15, -0.1) is 0 Å². The first-order valence-corrected chi connectivity index (χ1v) is 9.23. The molecule has 24 heavy (non-hydrogen) atoms. The molecule has 0 heterocycles. The largest absolute Gasteiger partial charge is 0.508 e. The fourth-order valence-electron chi connectivity index (χ4n) is 4.47. The van der Waals surface area contributed by atoms with Crippen molar-refractivity contribution in [3.8, 4) is 5.75 Å². The molecule has 2 heteroatoms. The topological polar surface area (TPSA) is 40.5 Å². The van der Waals surface area contributed by atoms with Gasteiger partial charge in [-0.25, -0.2) is 0 Å². The van der Waals surface area contributed by atoms with Gasteiger partial charge in [0, 0.05) is 0 Å². The van der Waals surface area contributed by atoms with E-state index in [4.69, 9.17) is 0 Å². The second-order valence-electron chi connectivity index (χ2n) is 8.23. The second-order valence-corrected chi connectivity index (χ2v) is 8.23. The molecule has 1 aromatic rings. The number of phenols is 1. The van der Waals surface area contributed by atoms with Gasteiger partial charge in [-0.1, -0.05) is 51.1 Å². The van der Waals surface area contributed by atoms with Gasteiger partial charge in [-0.2, -0.15) is 0 Å². The number of aliphatic hydroxyl groups excluding tert-OH is 1. The summed E-state index contributed by atoms with van der Waals surface area (Å²) in [5.41, 5.74) is 2.83. The molecule has 2 N–H and O–H groups in total. The summed E-state index contributed by atoms with van der Waals surface area (Å²) in [5, 5.41) is 19.3. The highest BCUT2D eigenvalue weighted by atomic mass is 16.3. The zero-order chi connectivity index (χ0) is 17.3. The van der Waals surface area contributed by atoms with Gasteiger partial charge in [0.05, 0.1) is 6.10 Å². The Balaban J connectivity index is 1.79. The minimum Gasteiger partial charge on any atom is -0.508 e. The normalized spacial score (nSPS) is 30.9. The van der Waals surface area contributed by atoms with E-state index in [1.54, 1.807) is 12.1 Å². The van der Waals surface area contributed by atoms with E-state index in [1.165, 1.54) is 30.4 Å². The SMILES string of the molecule is CC1CCC(C(C)(C)c2ccc(O)cc2)CC1C1=CCC(O)C=C1. The number of hydrogen-bond donors (Lipinski definition) is 2. The number of aromatic hydroxyl groups is 1. The molecule has 0 aromatic heterocycles. The minimum atomic E-state index is -0.308. The molecule has 0 bridgehead atoms. The summed E-state index contributed by atoms with van der Waals surface area (Å²) < 4.78 is 0. The fraction of sp³-hybridized carbons (Fsp3) is 0.545. The third-order valence-corrected chi connectivity index (χ3v) is 6.36. The van der Waals surface area contributed by atoms with Crippen LogP contribution < -0.4 is 0 Å². The molecular formula is C22H30O2. The van der Waals surface area contributed by atoms with Crippen LogP contribution in [0.15, 0.2) is 48.1 Å². The predicted molar refractivity (Wildman–Crippen MR) is 99.0 cm³/mol. The zero-order valence-electron chi connectivity index (χ0n) is 15.1. The molecule has 130 valence electrons. The van der Waals surface area contributed by atoms with Crippen LogP contribution in [0.3, 0.4) is 0 Å². The van der Waals surface area contributed by atoms with Gasteiger partial charge >= 0.3 is 0 Å². The molecule has 2 nitrogen and oxygen atoms in total. The van der Waals surface area contributed by atoms with E-state index in [-0.39, 0.29) is 11.5 Å². The van der Waals surface area contributed by atoms with Crippen LogP contribution in [0.2, 0.25) is 0 Å². The van der Waals surface area contributed by atoms with Crippen LogP contribution in [0.1, 0.15) is 52.0 Å². The molecule has 0 spiro atoms. The number of rotatable bonds is 3. The maximum Gasteiger partial charge on any atom is 0.115 e. The molecular weight excluding hydrogens is 296 g/mol. The van der Waals surface area contributed by atoms with Gasteiger partial charge in [0.15, 0.2) is 0 Å². The zero-order valence-corrected chi connectivity index (χ0v) is 15.1. The van der Waals surface area contributed by atoms with Crippen LogP contribution in [-0.2, 0) is 5.41 Å². The molecule has 1 fully saturated rings. The predicted octanol–water partition coefficient (Wildman–Crippen LogP) is 4.97. The molecule has 0 radical (unpaired) electrons. The van der Waals surface area contributed by atoms with E-state index in [2.05, 4.69) is 45.1 Å². The van der Waals surface area contributed by atoms with E-state index in [9.17, 15) is 10.2 Å². The van der Waals surface area contributed by atoms with E-state index >= 15 is 0 Å². The molecule has 0 aliphatic heterocycles. The molecule has 2 aliphatic rings. The summed E-state index contributed by atoms with van der Waals surface area (Å²) in [7, 11) is 0. The van der Waals surface area contributed by atoms with Crippen molar-refractivity contribution in [2.24, 2.45) is 17.8 Å². The van der Waals surface area contributed by atoms with Crippen molar-refractivity contribution in [2.75, 3.05) is 0 Å². The molecule has 3 rings (SSSR count). The monoisotopic (exact) mass is 326 g/mol. The first-order chi connectivity index (χ1) is 11.4. The van der Waals surface area contributed by atoms with E-state index in [1.807, 2.05) is 6.08 Å². The third kappa shape index (κ3) is 3.44. The Bertz CT molecular complexity index is 624. The average Bonchev–Trinajstić information content (AvgIpc) is 2.56. The van der Waals surface area contributed by atoms with E-state index in [0.29, 0.717) is 23.5 Å². The Labute approximate surface area is 145 Å². The van der Waals surface area contributed by atoms with Crippen LogP contribution in [-0.4, -0.2) is 16.3 Å². The maximum atomic E-state index is 9.69. The van der Waals surface area contributed by atoms with Gasteiger partial charge in [0.1, 0.15) is 5.75 Å². The summed E-state index contributed by atoms with van der Waals surface area (Å²) in [6.45, 7) is 7.05. The number of benzene rings is 1. The lowest BCUT2D eigenvalue weighted by atomic mass is 9.61. The molecule has 1 saturated carbocycles. The molecule has 2 aliphatic carbocycles. The van der Waals surface area contributed by atoms with Crippen molar-refractivity contribution in [3.63, 3.8) is 0 Å². The number of allylic oxidation sites excluding steroid dienone is 2. The molecule has 4 atom stereocenters. The van der Waals surface area contributed by atoms with Crippen molar-refractivity contribution >= 4 is 0 Å². The quantitative estimate of drug-likeness (QED) is 0.823. The molecule has 1 aromatic carbocycles. The summed E-state index contributed by atoms with van der Waals surface area (Å²) in [5.74, 6) is 2.25. The van der Waals surface area contributed by atoms with Crippen LogP contribution in [0.25, 0.3) is 0 Å². The molecule has 4 unspecified atom stereocenters. The Morgan fingerprint density at radius 1 is 1.08 bits per heavy atom. The summed E-state index contributed by atoms with van der Waals surface area (Å²) in [6, 6.07) is 7.73. The van der Waals surface area contributed by atoms with Crippen molar-refractivity contribution in [2.45, 2.75) is 58.0 Å². The molecule has 0 amide bonds. The van der Waals surface area contributed by atoms with Crippen molar-refractivity contribution in [1.82, 2.24) is 0 Å². The lowest BCUT2D eigenvalue weighted by Gasteiger charge is -2.43. The number of hydrogen-bond acceptors (Lipinski definition) is 2. The van der Waals surface area contributed by atoms with Crippen molar-refractivity contribution < 1.29 is 10.2 Å². The molecule has 0 saturated heterocycles. The summed E-state index contributed by atoms with van der Waals surface area (Å²) in [4.78, 5) is 0. The third-order valence-electron chi connectivity index (χ3n) is 6.36. The summed E-state index contributed by atoms with van der Waals surface area (Å²) >= 11 is 0.